The van der Waals surface area contributed by atoms with Gasteiger partial charge in [-0.15, -0.1) is 0 Å². The smallest absolute Gasteiger partial charge is 0.417 e. The predicted octanol–water partition coefficient (Wildman–Crippen LogP) is 4.16. The van der Waals surface area contributed by atoms with E-state index >= 15 is 0 Å². The molecule has 0 unspecified atom stereocenters. The molecule has 2 aromatic rings. The van der Waals surface area contributed by atoms with Crippen LogP contribution in [0.2, 0.25) is 5.02 Å². The van der Waals surface area contributed by atoms with Crippen molar-refractivity contribution in [1.29, 1.82) is 0 Å². The fourth-order valence-electron chi connectivity index (χ4n) is 2.60. The van der Waals surface area contributed by atoms with E-state index in [9.17, 15) is 26.4 Å². The van der Waals surface area contributed by atoms with Gasteiger partial charge in [-0.3, -0.25) is 9.10 Å². The molecule has 158 valence electrons. The van der Waals surface area contributed by atoms with Gasteiger partial charge in [-0.1, -0.05) is 11.6 Å². The Morgan fingerprint density at radius 3 is 2.24 bits per heavy atom. The van der Waals surface area contributed by atoms with Crippen LogP contribution >= 0.6 is 11.6 Å². The summed E-state index contributed by atoms with van der Waals surface area (Å²) in [5.74, 6) is -0.332. The number of methoxy groups -OCH3 is 1. The van der Waals surface area contributed by atoms with Crippen LogP contribution in [0.15, 0.2) is 42.5 Å². The molecular formula is C18H18ClF3N2O4S. The summed E-state index contributed by atoms with van der Waals surface area (Å²) >= 11 is 5.56. The molecule has 2 aromatic carbocycles. The van der Waals surface area contributed by atoms with Gasteiger partial charge in [0.25, 0.3) is 0 Å². The van der Waals surface area contributed by atoms with Gasteiger partial charge < -0.3 is 10.1 Å². The van der Waals surface area contributed by atoms with Crippen LogP contribution in [0.4, 0.5) is 24.5 Å². The Labute approximate surface area is 171 Å². The quantitative estimate of drug-likeness (QED) is 0.717. The minimum absolute atomic E-state index is 0.165. The van der Waals surface area contributed by atoms with Crippen LogP contribution in [-0.2, 0) is 21.0 Å². The summed E-state index contributed by atoms with van der Waals surface area (Å²) in [6.45, 7) is 1.32. The van der Waals surface area contributed by atoms with E-state index in [1.54, 1.807) is 0 Å². The number of hydrogen-bond donors (Lipinski definition) is 1. The van der Waals surface area contributed by atoms with E-state index in [0.29, 0.717) is 11.8 Å². The molecule has 6 nitrogen and oxygen atoms in total. The van der Waals surface area contributed by atoms with Crippen molar-refractivity contribution >= 4 is 38.9 Å². The minimum atomic E-state index is -4.70. The Morgan fingerprint density at radius 2 is 1.76 bits per heavy atom. The lowest BCUT2D eigenvalue weighted by molar-refractivity contribution is -0.137. The number of benzene rings is 2. The van der Waals surface area contributed by atoms with Crippen LogP contribution in [0.25, 0.3) is 0 Å². The zero-order valence-corrected chi connectivity index (χ0v) is 17.2. The normalized spacial score (nSPS) is 12.9. The highest BCUT2D eigenvalue weighted by Gasteiger charge is 2.34. The molecule has 0 saturated carbocycles. The van der Waals surface area contributed by atoms with Gasteiger partial charge in [0, 0.05) is 5.69 Å². The van der Waals surface area contributed by atoms with Gasteiger partial charge in [0.05, 0.1) is 29.6 Å². The highest BCUT2D eigenvalue weighted by Crippen LogP contribution is 2.36. The summed E-state index contributed by atoms with van der Waals surface area (Å²) in [5, 5.41) is 1.78. The number of amides is 1. The van der Waals surface area contributed by atoms with E-state index in [0.717, 1.165) is 16.6 Å². The van der Waals surface area contributed by atoms with Crippen molar-refractivity contribution in [1.82, 2.24) is 0 Å². The van der Waals surface area contributed by atoms with Gasteiger partial charge in [0.2, 0.25) is 15.9 Å². The van der Waals surface area contributed by atoms with E-state index in [4.69, 9.17) is 16.3 Å². The number of nitrogens with zero attached hydrogens (tertiary/aromatic N) is 1. The molecular weight excluding hydrogens is 433 g/mol. The Kier molecular flexibility index (Phi) is 6.69. The zero-order valence-electron chi connectivity index (χ0n) is 15.6. The average molecular weight is 451 g/mol. The Bertz CT molecular complexity index is 995. The standard InChI is InChI=1S/C18H18ClF3N2O4S/c1-11(24(29(3,26)27)13-5-7-14(28-2)8-6-13)17(25)23-12-4-9-16(19)15(10-12)18(20,21)22/h4-11H,1-3H3,(H,23,25)/t11-/m0/s1. The van der Waals surface area contributed by atoms with Crippen LogP contribution < -0.4 is 14.4 Å². The van der Waals surface area contributed by atoms with Gasteiger partial charge in [-0.05, 0) is 49.4 Å². The van der Waals surface area contributed by atoms with Crippen molar-refractivity contribution in [3.63, 3.8) is 0 Å². The molecule has 0 aromatic heterocycles. The summed E-state index contributed by atoms with van der Waals surface area (Å²) in [7, 11) is -2.44. The fraction of sp³-hybridized carbons (Fsp3) is 0.278. The highest BCUT2D eigenvalue weighted by molar-refractivity contribution is 7.92. The predicted molar refractivity (Wildman–Crippen MR) is 105 cm³/mol. The molecule has 2 rings (SSSR count). The second-order valence-electron chi connectivity index (χ2n) is 6.11. The molecule has 1 atom stereocenters. The van der Waals surface area contributed by atoms with Crippen LogP contribution in [0.3, 0.4) is 0 Å². The first kappa shape index (κ1) is 22.8. The lowest BCUT2D eigenvalue weighted by Crippen LogP contribution is -2.45. The van der Waals surface area contributed by atoms with Crippen molar-refractivity contribution in [3.05, 3.63) is 53.1 Å². The van der Waals surface area contributed by atoms with Crippen molar-refractivity contribution in [2.45, 2.75) is 19.1 Å². The van der Waals surface area contributed by atoms with Crippen LogP contribution in [0.5, 0.6) is 5.75 Å². The monoisotopic (exact) mass is 450 g/mol. The van der Waals surface area contributed by atoms with Crippen molar-refractivity contribution < 1.29 is 31.1 Å². The lowest BCUT2D eigenvalue weighted by atomic mass is 10.2. The van der Waals surface area contributed by atoms with Gasteiger partial charge in [-0.2, -0.15) is 13.2 Å². The number of rotatable bonds is 6. The van der Waals surface area contributed by atoms with Crippen molar-refractivity contribution in [2.24, 2.45) is 0 Å². The SMILES string of the molecule is COc1ccc(N([C@@H](C)C(=O)Nc2ccc(Cl)c(C(F)(F)F)c2)S(C)(=O)=O)cc1. The largest absolute Gasteiger partial charge is 0.497 e. The number of ether oxygens (including phenoxy) is 1. The van der Waals surface area contributed by atoms with E-state index in [1.807, 2.05) is 0 Å². The number of hydrogen-bond acceptors (Lipinski definition) is 4. The van der Waals surface area contributed by atoms with Gasteiger partial charge in [0.1, 0.15) is 11.8 Å². The topological polar surface area (TPSA) is 75.7 Å². The fourth-order valence-corrected chi connectivity index (χ4v) is 4.00. The van der Waals surface area contributed by atoms with E-state index in [-0.39, 0.29) is 11.4 Å². The van der Waals surface area contributed by atoms with Crippen LogP contribution in [-0.4, -0.2) is 33.7 Å². The molecule has 0 aliphatic carbocycles. The number of alkyl halides is 3. The lowest BCUT2D eigenvalue weighted by Gasteiger charge is -2.28. The van der Waals surface area contributed by atoms with E-state index < -0.39 is 38.7 Å². The van der Waals surface area contributed by atoms with E-state index in [2.05, 4.69) is 5.32 Å². The van der Waals surface area contributed by atoms with Crippen molar-refractivity contribution in [3.8, 4) is 5.75 Å². The van der Waals surface area contributed by atoms with Gasteiger partial charge in [0.15, 0.2) is 0 Å². The molecule has 0 fully saturated rings. The van der Waals surface area contributed by atoms with E-state index in [1.165, 1.54) is 44.4 Å². The van der Waals surface area contributed by atoms with Crippen LogP contribution in [0.1, 0.15) is 12.5 Å². The van der Waals surface area contributed by atoms with Gasteiger partial charge in [-0.25, -0.2) is 8.42 Å². The maximum atomic E-state index is 13.0. The Hall–Kier alpha value is -2.46. The average Bonchev–Trinajstić information content (AvgIpc) is 2.61. The number of sulfonamides is 1. The molecule has 0 aliphatic rings. The van der Waals surface area contributed by atoms with Crippen LogP contribution in [0, 0.1) is 0 Å². The number of nitrogens with one attached hydrogen (secondary N) is 1. The number of halogens is 4. The molecule has 0 bridgehead atoms. The first-order valence-electron chi connectivity index (χ1n) is 8.15. The molecule has 0 saturated heterocycles. The van der Waals surface area contributed by atoms with Crippen molar-refractivity contribution in [2.75, 3.05) is 23.0 Å². The molecule has 0 radical (unpaired) electrons. The molecule has 1 amide bonds. The summed E-state index contributed by atoms with van der Waals surface area (Å²) in [6.07, 6.45) is -3.78. The molecule has 0 aliphatic heterocycles. The Morgan fingerprint density at radius 1 is 1.17 bits per heavy atom. The molecule has 29 heavy (non-hydrogen) atoms. The first-order valence-corrected chi connectivity index (χ1v) is 10.4. The number of carbonyl (C=O) groups is 1. The third-order valence-electron chi connectivity index (χ3n) is 3.95. The zero-order chi connectivity index (χ0) is 22.0. The molecule has 11 heteroatoms. The first-order chi connectivity index (χ1) is 13.3. The molecule has 1 N–H and O–H groups in total. The summed E-state index contributed by atoms with van der Waals surface area (Å²) in [5.41, 5.74) is -1.08. The third kappa shape index (κ3) is 5.54. The second-order valence-corrected chi connectivity index (χ2v) is 8.38. The Balaban J connectivity index is 2.32. The summed E-state index contributed by atoms with van der Waals surface area (Å²) < 4.78 is 69.4. The number of carbonyl (C=O) groups excluding carboxylic acids is 1. The number of anilines is 2. The van der Waals surface area contributed by atoms with Gasteiger partial charge >= 0.3 is 6.18 Å². The maximum absolute atomic E-state index is 13.0. The second kappa shape index (κ2) is 8.50. The molecule has 0 spiro atoms. The summed E-state index contributed by atoms with van der Waals surface area (Å²) in [6, 6.07) is 7.58. The minimum Gasteiger partial charge on any atom is -0.497 e. The summed E-state index contributed by atoms with van der Waals surface area (Å²) in [4.78, 5) is 12.6. The molecule has 0 heterocycles. The third-order valence-corrected chi connectivity index (χ3v) is 5.53. The highest BCUT2D eigenvalue weighted by atomic mass is 35.5. The maximum Gasteiger partial charge on any atom is 0.417 e.